The van der Waals surface area contributed by atoms with Crippen LogP contribution in [0.3, 0.4) is 0 Å². The van der Waals surface area contributed by atoms with Crippen LogP contribution in [0.4, 0.5) is 0 Å². The summed E-state index contributed by atoms with van der Waals surface area (Å²) in [5.74, 6) is 0.542. The Bertz CT molecular complexity index is 521. The number of aliphatic hydroxyl groups is 1. The molecule has 0 amide bonds. The van der Waals surface area contributed by atoms with Gasteiger partial charge in [-0.15, -0.1) is 0 Å². The van der Waals surface area contributed by atoms with Gasteiger partial charge in [-0.05, 0) is 6.07 Å². The number of aromatic nitrogens is 1. The van der Waals surface area contributed by atoms with E-state index in [1.54, 1.807) is 24.4 Å². The van der Waals surface area contributed by atoms with Crippen LogP contribution in [0.1, 0.15) is 5.76 Å². The van der Waals surface area contributed by atoms with Crippen molar-refractivity contribution in [3.63, 3.8) is 0 Å². The van der Waals surface area contributed by atoms with Gasteiger partial charge in [0.15, 0.2) is 0 Å². The second-order valence-corrected chi connectivity index (χ2v) is 3.00. The quantitative estimate of drug-likeness (QED) is 0.842. The normalized spacial score (nSPS) is 10.1. The lowest BCUT2D eigenvalue weighted by Crippen LogP contribution is -2.05. The number of hydrogen-bond donors (Lipinski definition) is 1. The molecule has 0 aliphatic carbocycles. The lowest BCUT2D eigenvalue weighted by molar-refractivity contribution is 0.241. The van der Waals surface area contributed by atoms with Crippen LogP contribution in [-0.2, 0) is 6.61 Å². The fraction of sp³-hybridized carbons (Fsp3) is 0.0909. The van der Waals surface area contributed by atoms with E-state index < -0.39 is 0 Å². The van der Waals surface area contributed by atoms with Crippen LogP contribution < -0.4 is 10.2 Å². The predicted molar refractivity (Wildman–Crippen MR) is 55.2 cm³/mol. The van der Waals surface area contributed by atoms with Gasteiger partial charge >= 0.3 is 0 Å². The lowest BCUT2D eigenvalue weighted by atomic mass is 10.4. The van der Waals surface area contributed by atoms with Gasteiger partial charge in [0, 0.05) is 18.3 Å². The molecular formula is C11H9NO4. The maximum Gasteiger partial charge on any atom is 0.227 e. The van der Waals surface area contributed by atoms with E-state index >= 15 is 0 Å². The topological polar surface area (TPSA) is 72.6 Å². The van der Waals surface area contributed by atoms with E-state index in [0.29, 0.717) is 5.88 Å². The Morgan fingerprint density at radius 2 is 2.31 bits per heavy atom. The monoisotopic (exact) mass is 219 g/mol. The second-order valence-electron chi connectivity index (χ2n) is 3.00. The molecule has 0 bridgehead atoms. The molecule has 2 rings (SSSR count). The summed E-state index contributed by atoms with van der Waals surface area (Å²) in [5, 5.41) is 8.76. The molecule has 0 spiro atoms. The summed E-state index contributed by atoms with van der Waals surface area (Å²) < 4.78 is 10.2. The number of rotatable bonds is 3. The van der Waals surface area contributed by atoms with Gasteiger partial charge in [-0.2, -0.15) is 0 Å². The van der Waals surface area contributed by atoms with Crippen molar-refractivity contribution in [3.05, 3.63) is 52.7 Å². The molecule has 5 heteroatoms. The molecule has 0 unspecified atom stereocenters. The molecule has 0 radical (unpaired) electrons. The highest BCUT2D eigenvalue weighted by Crippen LogP contribution is 2.14. The summed E-state index contributed by atoms with van der Waals surface area (Å²) in [6.45, 7) is -0.320. The molecule has 2 heterocycles. The molecule has 16 heavy (non-hydrogen) atoms. The van der Waals surface area contributed by atoms with Crippen LogP contribution in [-0.4, -0.2) is 10.1 Å². The SMILES string of the molecule is O=c1cc(CO)occ1Oc1ccccn1. The molecule has 0 aliphatic heterocycles. The summed E-state index contributed by atoms with van der Waals surface area (Å²) in [7, 11) is 0. The van der Waals surface area contributed by atoms with Crippen molar-refractivity contribution in [2.45, 2.75) is 6.61 Å². The van der Waals surface area contributed by atoms with Crippen LogP contribution in [0.15, 0.2) is 45.9 Å². The third-order valence-electron chi connectivity index (χ3n) is 1.86. The third kappa shape index (κ3) is 2.26. The Morgan fingerprint density at radius 1 is 1.44 bits per heavy atom. The van der Waals surface area contributed by atoms with E-state index in [2.05, 4.69) is 4.98 Å². The molecule has 1 N–H and O–H groups in total. The summed E-state index contributed by atoms with van der Waals surface area (Å²) in [6.07, 6.45) is 2.71. The van der Waals surface area contributed by atoms with Crippen LogP contribution in [0.2, 0.25) is 0 Å². The summed E-state index contributed by atoms with van der Waals surface area (Å²) >= 11 is 0. The zero-order chi connectivity index (χ0) is 11.4. The number of pyridine rings is 1. The van der Waals surface area contributed by atoms with Gasteiger partial charge < -0.3 is 14.3 Å². The third-order valence-corrected chi connectivity index (χ3v) is 1.86. The standard InChI is InChI=1S/C11H9NO4/c13-6-8-5-9(14)10(7-15-8)16-11-3-1-2-4-12-11/h1-5,7,13H,6H2. The average molecular weight is 219 g/mol. The van der Waals surface area contributed by atoms with Crippen molar-refractivity contribution in [2.24, 2.45) is 0 Å². The fourth-order valence-corrected chi connectivity index (χ4v) is 1.12. The van der Waals surface area contributed by atoms with E-state index in [1.807, 2.05) is 0 Å². The van der Waals surface area contributed by atoms with Crippen LogP contribution in [0, 0.1) is 0 Å². The lowest BCUT2D eigenvalue weighted by Gasteiger charge is -2.02. The first-order chi connectivity index (χ1) is 7.79. The van der Waals surface area contributed by atoms with Gasteiger partial charge in [0.2, 0.25) is 17.1 Å². The number of hydrogen-bond acceptors (Lipinski definition) is 5. The summed E-state index contributed by atoms with van der Waals surface area (Å²) in [6, 6.07) is 6.29. The van der Waals surface area contributed by atoms with Crippen molar-refractivity contribution in [2.75, 3.05) is 0 Å². The second kappa shape index (κ2) is 4.59. The Hall–Kier alpha value is -2.14. The zero-order valence-electron chi connectivity index (χ0n) is 8.29. The van der Waals surface area contributed by atoms with Crippen LogP contribution in [0.5, 0.6) is 11.6 Å². The first-order valence-electron chi connectivity index (χ1n) is 4.61. The number of ether oxygens (including phenoxy) is 1. The highest BCUT2D eigenvalue weighted by atomic mass is 16.5. The summed E-state index contributed by atoms with van der Waals surface area (Å²) in [4.78, 5) is 15.4. The van der Waals surface area contributed by atoms with Crippen molar-refractivity contribution in [3.8, 4) is 11.6 Å². The van der Waals surface area contributed by atoms with Crippen LogP contribution >= 0.6 is 0 Å². The minimum absolute atomic E-state index is 0.0379. The molecule has 2 aromatic rings. The van der Waals surface area contributed by atoms with Gasteiger partial charge in [-0.1, -0.05) is 6.07 Å². The van der Waals surface area contributed by atoms with Crippen molar-refractivity contribution in [1.82, 2.24) is 4.98 Å². The van der Waals surface area contributed by atoms with Crippen molar-refractivity contribution < 1.29 is 14.3 Å². The predicted octanol–water partition coefficient (Wildman–Crippen LogP) is 1.32. The first kappa shape index (κ1) is 10.4. The maximum atomic E-state index is 11.5. The molecule has 0 saturated carbocycles. The maximum absolute atomic E-state index is 11.5. The highest BCUT2D eigenvalue weighted by molar-refractivity contribution is 5.23. The molecule has 0 atom stereocenters. The molecule has 0 aliphatic rings. The van der Waals surface area contributed by atoms with E-state index in [4.69, 9.17) is 14.3 Å². The Balaban J connectivity index is 2.26. The van der Waals surface area contributed by atoms with Crippen LogP contribution in [0.25, 0.3) is 0 Å². The van der Waals surface area contributed by atoms with Crippen molar-refractivity contribution >= 4 is 0 Å². The molecular weight excluding hydrogens is 210 g/mol. The van der Waals surface area contributed by atoms with Gasteiger partial charge in [-0.25, -0.2) is 4.98 Å². The molecule has 5 nitrogen and oxygen atoms in total. The van der Waals surface area contributed by atoms with Gasteiger partial charge in [0.05, 0.1) is 0 Å². The van der Waals surface area contributed by atoms with E-state index in [0.717, 1.165) is 6.26 Å². The van der Waals surface area contributed by atoms with Gasteiger partial charge in [-0.3, -0.25) is 4.79 Å². The van der Waals surface area contributed by atoms with E-state index in [1.165, 1.54) is 6.07 Å². The average Bonchev–Trinajstić information content (AvgIpc) is 2.33. The number of aliphatic hydroxyl groups excluding tert-OH is 1. The largest absolute Gasteiger partial charge is 0.463 e. The first-order valence-corrected chi connectivity index (χ1v) is 4.61. The molecule has 0 saturated heterocycles. The highest BCUT2D eigenvalue weighted by Gasteiger charge is 2.05. The van der Waals surface area contributed by atoms with Gasteiger partial charge in [0.25, 0.3) is 0 Å². The van der Waals surface area contributed by atoms with E-state index in [9.17, 15) is 4.79 Å². The van der Waals surface area contributed by atoms with Gasteiger partial charge in [0.1, 0.15) is 18.6 Å². The van der Waals surface area contributed by atoms with E-state index in [-0.39, 0.29) is 23.5 Å². The molecule has 0 fully saturated rings. The number of nitrogens with zero attached hydrogens (tertiary/aromatic N) is 1. The molecule has 82 valence electrons. The fourth-order valence-electron chi connectivity index (χ4n) is 1.12. The Labute approximate surface area is 90.9 Å². The van der Waals surface area contributed by atoms with Crippen molar-refractivity contribution in [1.29, 1.82) is 0 Å². The smallest absolute Gasteiger partial charge is 0.227 e. The Morgan fingerprint density at radius 3 is 2.94 bits per heavy atom. The molecule has 2 aromatic heterocycles. The minimum Gasteiger partial charge on any atom is -0.463 e. The summed E-state index contributed by atoms with van der Waals surface area (Å²) in [5.41, 5.74) is -0.360. The Kier molecular flexibility index (Phi) is 2.98. The zero-order valence-corrected chi connectivity index (χ0v) is 8.29. The molecule has 0 aromatic carbocycles. The minimum atomic E-state index is -0.360.